The number of ether oxygens (including phenoxy) is 1. The van der Waals surface area contributed by atoms with Crippen LogP contribution in [0, 0.1) is 0 Å². The third-order valence-electron chi connectivity index (χ3n) is 5.91. The van der Waals surface area contributed by atoms with Gasteiger partial charge in [-0.1, -0.05) is 30.7 Å². The average Bonchev–Trinajstić information content (AvgIpc) is 2.80. The van der Waals surface area contributed by atoms with Crippen molar-refractivity contribution < 1.29 is 9.53 Å². The fourth-order valence-corrected chi connectivity index (χ4v) is 4.17. The molecule has 0 atom stereocenters. The van der Waals surface area contributed by atoms with E-state index in [9.17, 15) is 4.79 Å². The summed E-state index contributed by atoms with van der Waals surface area (Å²) in [5.41, 5.74) is 4.38. The average molecular weight is 394 g/mol. The van der Waals surface area contributed by atoms with Crippen LogP contribution in [0.15, 0.2) is 48.5 Å². The van der Waals surface area contributed by atoms with E-state index in [-0.39, 0.29) is 5.91 Å². The minimum Gasteiger partial charge on any atom is -0.378 e. The third kappa shape index (κ3) is 5.37. The lowest BCUT2D eigenvalue weighted by molar-refractivity contribution is 0.0950. The quantitative estimate of drug-likeness (QED) is 0.817. The van der Waals surface area contributed by atoms with Crippen LogP contribution in [0.2, 0.25) is 0 Å². The van der Waals surface area contributed by atoms with Crippen LogP contribution < -0.4 is 10.2 Å². The smallest absolute Gasteiger partial charge is 0.251 e. The van der Waals surface area contributed by atoms with Crippen molar-refractivity contribution in [1.29, 1.82) is 0 Å². The summed E-state index contributed by atoms with van der Waals surface area (Å²) in [5.74, 6) is -0.0219. The highest BCUT2D eigenvalue weighted by atomic mass is 16.5. The van der Waals surface area contributed by atoms with Gasteiger partial charge in [-0.2, -0.15) is 0 Å². The Kier molecular flexibility index (Phi) is 6.80. The number of nitrogens with one attached hydrogen (secondary N) is 1. The van der Waals surface area contributed by atoms with Gasteiger partial charge < -0.3 is 15.0 Å². The summed E-state index contributed by atoms with van der Waals surface area (Å²) in [4.78, 5) is 17.5. The zero-order chi connectivity index (χ0) is 19.9. The molecule has 0 aliphatic carbocycles. The van der Waals surface area contributed by atoms with Crippen LogP contribution >= 0.6 is 0 Å². The molecule has 0 radical (unpaired) electrons. The maximum Gasteiger partial charge on any atom is 0.251 e. The molecule has 29 heavy (non-hydrogen) atoms. The van der Waals surface area contributed by atoms with Crippen molar-refractivity contribution in [3.63, 3.8) is 0 Å². The predicted molar refractivity (Wildman–Crippen MR) is 116 cm³/mol. The highest BCUT2D eigenvalue weighted by Gasteiger charge is 2.14. The van der Waals surface area contributed by atoms with E-state index >= 15 is 0 Å². The SMILES string of the molecule is O=C(NCc1ccccc1CN1CCCCC1)c1ccc(N2CCOCC2)cc1. The number of hydrogen-bond donors (Lipinski definition) is 1. The first-order valence-electron chi connectivity index (χ1n) is 10.8. The van der Waals surface area contributed by atoms with Crippen LogP contribution in [0.1, 0.15) is 40.7 Å². The van der Waals surface area contributed by atoms with E-state index in [1.165, 1.54) is 43.5 Å². The molecule has 0 bridgehead atoms. The molecule has 0 spiro atoms. The molecule has 2 aliphatic heterocycles. The fraction of sp³-hybridized carbons (Fsp3) is 0.458. The fourth-order valence-electron chi connectivity index (χ4n) is 4.17. The normalized spacial score (nSPS) is 17.9. The number of carbonyl (C=O) groups excluding carboxylic acids is 1. The van der Waals surface area contributed by atoms with Gasteiger partial charge in [0.1, 0.15) is 0 Å². The second-order valence-electron chi connectivity index (χ2n) is 7.93. The van der Waals surface area contributed by atoms with Crippen molar-refractivity contribution in [1.82, 2.24) is 10.2 Å². The van der Waals surface area contributed by atoms with E-state index in [0.29, 0.717) is 12.1 Å². The van der Waals surface area contributed by atoms with Gasteiger partial charge in [0.15, 0.2) is 0 Å². The first kappa shape index (κ1) is 19.9. The van der Waals surface area contributed by atoms with Crippen LogP contribution in [-0.4, -0.2) is 50.2 Å². The highest BCUT2D eigenvalue weighted by molar-refractivity contribution is 5.94. The van der Waals surface area contributed by atoms with Gasteiger partial charge in [-0.25, -0.2) is 0 Å². The Hall–Kier alpha value is -2.37. The maximum atomic E-state index is 12.7. The predicted octanol–water partition coefficient (Wildman–Crippen LogP) is 3.44. The van der Waals surface area contributed by atoms with Crippen LogP contribution in [0.5, 0.6) is 0 Å². The van der Waals surface area contributed by atoms with Gasteiger partial charge in [0.25, 0.3) is 5.91 Å². The Balaban J connectivity index is 1.34. The topological polar surface area (TPSA) is 44.8 Å². The van der Waals surface area contributed by atoms with Crippen LogP contribution in [0.4, 0.5) is 5.69 Å². The molecule has 2 aromatic rings. The van der Waals surface area contributed by atoms with Crippen LogP contribution in [-0.2, 0) is 17.8 Å². The summed E-state index contributed by atoms with van der Waals surface area (Å²) in [6.45, 7) is 7.22. The van der Waals surface area contributed by atoms with Gasteiger partial charge in [0.2, 0.25) is 0 Å². The second-order valence-corrected chi connectivity index (χ2v) is 7.93. The van der Waals surface area contributed by atoms with Crippen molar-refractivity contribution in [2.24, 2.45) is 0 Å². The molecular formula is C24H31N3O2. The number of rotatable bonds is 6. The molecule has 2 fully saturated rings. The van der Waals surface area contributed by atoms with Crippen LogP contribution in [0.25, 0.3) is 0 Å². The van der Waals surface area contributed by atoms with Crippen molar-refractivity contribution in [2.45, 2.75) is 32.4 Å². The number of nitrogens with zero attached hydrogens (tertiary/aromatic N) is 2. The van der Waals surface area contributed by atoms with E-state index in [2.05, 4.69) is 39.4 Å². The van der Waals surface area contributed by atoms with E-state index < -0.39 is 0 Å². The Morgan fingerprint density at radius 1 is 0.862 bits per heavy atom. The Morgan fingerprint density at radius 3 is 2.28 bits per heavy atom. The lowest BCUT2D eigenvalue weighted by atomic mass is 10.0. The van der Waals surface area contributed by atoms with Gasteiger partial charge >= 0.3 is 0 Å². The van der Waals surface area contributed by atoms with Gasteiger partial charge in [-0.05, 0) is 61.3 Å². The summed E-state index contributed by atoms with van der Waals surface area (Å²) in [7, 11) is 0. The van der Waals surface area contributed by atoms with Crippen molar-refractivity contribution in [3.8, 4) is 0 Å². The molecule has 5 heteroatoms. The molecule has 0 saturated carbocycles. The molecule has 2 aliphatic rings. The van der Waals surface area contributed by atoms with Gasteiger partial charge in [0.05, 0.1) is 13.2 Å². The van der Waals surface area contributed by atoms with Gasteiger partial charge in [-0.3, -0.25) is 9.69 Å². The number of amides is 1. The molecule has 2 heterocycles. The lowest BCUT2D eigenvalue weighted by Crippen LogP contribution is -2.36. The number of carbonyl (C=O) groups is 1. The number of piperidine rings is 1. The number of anilines is 1. The first-order valence-corrected chi connectivity index (χ1v) is 10.8. The molecule has 0 aromatic heterocycles. The van der Waals surface area contributed by atoms with Gasteiger partial charge in [0, 0.05) is 37.4 Å². The Morgan fingerprint density at radius 2 is 1.55 bits per heavy atom. The van der Waals surface area contributed by atoms with E-state index in [1.807, 2.05) is 24.3 Å². The van der Waals surface area contributed by atoms with Crippen molar-refractivity contribution in [2.75, 3.05) is 44.3 Å². The van der Waals surface area contributed by atoms with E-state index in [4.69, 9.17) is 4.74 Å². The lowest BCUT2D eigenvalue weighted by Gasteiger charge is -2.28. The minimum absolute atomic E-state index is 0.0219. The summed E-state index contributed by atoms with van der Waals surface area (Å²) < 4.78 is 5.41. The number of likely N-dealkylation sites (tertiary alicyclic amines) is 1. The van der Waals surface area contributed by atoms with Crippen LogP contribution in [0.3, 0.4) is 0 Å². The molecule has 1 amide bonds. The third-order valence-corrected chi connectivity index (χ3v) is 5.91. The summed E-state index contributed by atoms with van der Waals surface area (Å²) in [6, 6.07) is 16.4. The second kappa shape index (κ2) is 9.90. The van der Waals surface area contributed by atoms with Crippen molar-refractivity contribution in [3.05, 3.63) is 65.2 Å². The van der Waals surface area contributed by atoms with E-state index in [0.717, 1.165) is 38.5 Å². The number of benzene rings is 2. The molecule has 0 unspecified atom stereocenters. The summed E-state index contributed by atoms with van der Waals surface area (Å²) >= 11 is 0. The molecule has 5 nitrogen and oxygen atoms in total. The molecule has 1 N–H and O–H groups in total. The van der Waals surface area contributed by atoms with Crippen molar-refractivity contribution >= 4 is 11.6 Å². The summed E-state index contributed by atoms with van der Waals surface area (Å²) in [5, 5.41) is 3.10. The molecular weight excluding hydrogens is 362 g/mol. The number of morpholine rings is 1. The monoisotopic (exact) mass is 393 g/mol. The molecule has 2 saturated heterocycles. The van der Waals surface area contributed by atoms with Gasteiger partial charge in [-0.15, -0.1) is 0 Å². The minimum atomic E-state index is -0.0219. The highest BCUT2D eigenvalue weighted by Crippen LogP contribution is 2.18. The largest absolute Gasteiger partial charge is 0.378 e. The summed E-state index contributed by atoms with van der Waals surface area (Å²) in [6.07, 6.45) is 3.93. The molecule has 2 aromatic carbocycles. The zero-order valence-electron chi connectivity index (χ0n) is 17.1. The Labute approximate surface area is 173 Å². The molecule has 154 valence electrons. The first-order chi connectivity index (χ1) is 14.3. The Bertz CT molecular complexity index is 794. The number of hydrogen-bond acceptors (Lipinski definition) is 4. The molecule has 4 rings (SSSR count). The zero-order valence-corrected chi connectivity index (χ0v) is 17.1. The van der Waals surface area contributed by atoms with E-state index in [1.54, 1.807) is 0 Å². The maximum absolute atomic E-state index is 12.7. The standard InChI is InChI=1S/C24H31N3O2/c28-24(20-8-10-23(11-9-20)27-14-16-29-17-15-27)25-18-21-6-2-3-7-22(21)19-26-12-4-1-5-13-26/h2-3,6-11H,1,4-5,12-19H2,(H,25,28).